The number of aromatic amines is 3. The Bertz CT molecular complexity index is 7300. The van der Waals surface area contributed by atoms with Crippen LogP contribution in [0.25, 0.3) is 106 Å². The van der Waals surface area contributed by atoms with Crippen LogP contribution in [0.3, 0.4) is 0 Å². The summed E-state index contributed by atoms with van der Waals surface area (Å²) in [5.74, 6) is 0.926. The highest BCUT2D eigenvalue weighted by Crippen LogP contribution is 2.40. The number of benzene rings is 7. The Hall–Kier alpha value is -14.9. The van der Waals surface area contributed by atoms with Gasteiger partial charge in [-0.1, -0.05) is 116 Å². The maximum Gasteiger partial charge on any atom is 0.258 e. The summed E-state index contributed by atoms with van der Waals surface area (Å²) in [6.07, 6.45) is 21.6. The summed E-state index contributed by atoms with van der Waals surface area (Å²) in [7, 11) is 2.95. The second-order valence-corrected chi connectivity index (χ2v) is 40.5. The molecule has 6 aliphatic heterocycles. The number of H-pyrrole nitrogens is 3. The van der Waals surface area contributed by atoms with Crippen LogP contribution < -0.4 is 16.0 Å². The van der Waals surface area contributed by atoms with Crippen molar-refractivity contribution in [1.29, 1.82) is 0 Å². The molecule has 0 unspecified atom stereocenters. The number of anilines is 3. The monoisotopic (exact) mass is 1970 g/mol. The van der Waals surface area contributed by atoms with E-state index in [0.29, 0.717) is 132 Å². The van der Waals surface area contributed by atoms with Crippen molar-refractivity contribution in [1.82, 2.24) is 89.9 Å². The Labute approximate surface area is 841 Å². The zero-order valence-corrected chi connectivity index (χ0v) is 83.5. The first-order valence-electron chi connectivity index (χ1n) is 49.0. The third-order valence-corrected chi connectivity index (χ3v) is 30.4. The summed E-state index contributed by atoms with van der Waals surface area (Å²) in [5, 5.41) is 34.0. The second kappa shape index (κ2) is 44.5. The number of carbonyl (C=O) groups excluding carboxylic acids is 6. The van der Waals surface area contributed by atoms with Crippen molar-refractivity contribution in [2.24, 2.45) is 5.41 Å². The van der Waals surface area contributed by atoms with Crippen LogP contribution in [0.2, 0.25) is 0 Å². The molecule has 0 spiro atoms. The summed E-state index contributed by atoms with van der Waals surface area (Å²) in [6.45, 7) is 15.4. The Morgan fingerprint density at radius 1 is 0.407 bits per heavy atom. The molecule has 3 atom stereocenters. The van der Waals surface area contributed by atoms with Crippen LogP contribution in [-0.4, -0.2) is 283 Å². The summed E-state index contributed by atoms with van der Waals surface area (Å²) in [4.78, 5) is 119. The van der Waals surface area contributed by atoms with E-state index in [2.05, 4.69) is 162 Å². The lowest BCUT2D eigenvalue weighted by Gasteiger charge is -2.30. The zero-order chi connectivity index (χ0) is 101. The Balaban J connectivity index is 0.000000144. The number of pyridine rings is 2. The van der Waals surface area contributed by atoms with E-state index in [0.717, 1.165) is 120 Å². The van der Waals surface area contributed by atoms with Crippen LogP contribution in [0.5, 0.6) is 0 Å². The normalized spacial score (nSPS) is 18.4. The van der Waals surface area contributed by atoms with Crippen LogP contribution in [0, 0.1) is 12.3 Å². The number of aromatic nitrogens is 12. The van der Waals surface area contributed by atoms with E-state index < -0.39 is 31.7 Å². The first kappa shape index (κ1) is 100. The molecule has 746 valence electrons. The average Bonchev–Trinajstić information content (AvgIpc) is 1.69. The van der Waals surface area contributed by atoms with Crippen molar-refractivity contribution in [3.63, 3.8) is 0 Å². The van der Waals surface area contributed by atoms with Gasteiger partial charge < -0.3 is 49.6 Å². The minimum Gasteiger partial charge on any atom is -0.384 e. The number of fused-ring (bicyclic) bond motifs is 3. The van der Waals surface area contributed by atoms with Crippen molar-refractivity contribution >= 4 is 112 Å². The smallest absolute Gasteiger partial charge is 0.258 e. The number of hydrogen-bond acceptors (Lipinski definition) is 24. The van der Waals surface area contributed by atoms with Crippen LogP contribution in [0.1, 0.15) is 92.9 Å². The van der Waals surface area contributed by atoms with Gasteiger partial charge >= 0.3 is 0 Å². The highest BCUT2D eigenvalue weighted by Gasteiger charge is 2.49. The van der Waals surface area contributed by atoms with E-state index in [1.807, 2.05) is 122 Å². The van der Waals surface area contributed by atoms with E-state index in [-0.39, 0.29) is 73.1 Å². The predicted octanol–water partition coefficient (Wildman–Crippen LogP) is 14.9. The molecule has 7 aromatic heterocycles. The van der Waals surface area contributed by atoms with Crippen molar-refractivity contribution < 1.29 is 56.1 Å². The number of sulfone groups is 1. The quantitative estimate of drug-likeness (QED) is 0.0253. The maximum absolute atomic E-state index is 13.9. The van der Waals surface area contributed by atoms with Gasteiger partial charge in [-0.2, -0.15) is 15.3 Å². The van der Waals surface area contributed by atoms with E-state index in [9.17, 15) is 37.2 Å². The fraction of sp³-hybridized carbons (Fsp3) is 0.324. The van der Waals surface area contributed by atoms with Gasteiger partial charge in [-0.3, -0.25) is 68.7 Å². The molecule has 6 N–H and O–H groups in total. The number of carbonyl (C=O) groups is 6. The molecular weight excluding hydrogens is 1850 g/mol. The number of rotatable bonds is 29. The fourth-order valence-corrected chi connectivity index (χ4v) is 20.9. The van der Waals surface area contributed by atoms with E-state index in [4.69, 9.17) is 18.9 Å². The molecule has 0 aliphatic carbocycles. The van der Waals surface area contributed by atoms with Gasteiger partial charge in [0.2, 0.25) is 23.6 Å². The molecule has 0 radical (unpaired) electrons. The predicted molar refractivity (Wildman–Crippen MR) is 559 cm³/mol. The lowest BCUT2D eigenvalue weighted by Crippen LogP contribution is -2.48. The van der Waals surface area contributed by atoms with E-state index in [1.165, 1.54) is 35.0 Å². The van der Waals surface area contributed by atoms with Crippen molar-refractivity contribution in [3.05, 3.63) is 277 Å². The Kier molecular flexibility index (Phi) is 30.8. The number of ether oxygens (including phenoxy) is 4. The second-order valence-electron chi connectivity index (χ2n) is 38.0. The summed E-state index contributed by atoms with van der Waals surface area (Å²) in [5.41, 5.74) is 18.5. The number of nitrogens with one attached hydrogen (secondary N) is 6. The largest absolute Gasteiger partial charge is 0.384 e. The van der Waals surface area contributed by atoms with E-state index in [1.54, 1.807) is 115 Å². The third-order valence-electron chi connectivity index (χ3n) is 28.2. The first-order valence-corrected chi connectivity index (χ1v) is 50.5. The van der Waals surface area contributed by atoms with Crippen LogP contribution in [0.4, 0.5) is 17.1 Å². The molecule has 6 amide bonds. The van der Waals surface area contributed by atoms with Crippen LogP contribution >= 0.6 is 0 Å². The maximum atomic E-state index is 13.9. The molecule has 3 saturated heterocycles. The molecule has 33 nitrogen and oxygen atoms in total. The minimum absolute atomic E-state index is 0.0203. The van der Waals surface area contributed by atoms with Gasteiger partial charge in [0.25, 0.3) is 11.8 Å². The third kappa shape index (κ3) is 22.7. The standard InChI is InChI=1S/C39H41N7O5S.C38H40N8O4.C34H38N6O3/c1-26(2)52(49,50)32-12-9-29(10-13-32)36-33-23-31(11-14-34(33)43-44-36)42-38(48)39(51-3)17-22-45(25-39)24-35(47)46-20-15-28(16-21-46)27-5-7-30(8-6-27)37-40-18-4-19-41-37;1-49-23-31-20-29(10-16-39-31)35-32-21-30(8-9-33(32)43-44-35)42-37(48)38(25-50-2)13-19-45(24-38)22-34(47)46-17-11-27(12-18-46)26-4-6-28(7-5-26)36-40-14-3-15-41-36;1-4-27-19-26(10-14-35-27)32-29-20-28(8-9-30(29)37-38-32)36-33(42)34(43-3)13-17-39(22-34)21-31(41)40-15-11-24(12-16-40)25-7-5-6-23(2)18-25/h4-15,18-19,23,26H,16-17,20-22,24-25H2,1-3H3,(H,42,48)(H,43,44);3-11,14-16,20-21H,12-13,17-19,22-25H2,1-2H3,(H,42,48)(H,43,44);5-11,14,18-20H,4,12-13,15-17,21-22H2,1-3H3,(H,36,42)(H,37,38)/t39-;38-;34-/m010/s1. The van der Waals surface area contributed by atoms with Gasteiger partial charge in [0.1, 0.15) is 11.4 Å². The average molecular weight is 1970 g/mol. The molecular formula is C111H119N21O12S. The number of nitrogens with zero attached hydrogens (tertiary/aromatic N) is 15. The number of hydrogen-bond donors (Lipinski definition) is 6. The van der Waals surface area contributed by atoms with Crippen LogP contribution in [-0.2, 0) is 70.6 Å². The van der Waals surface area contributed by atoms with E-state index >= 15 is 0 Å². The van der Waals surface area contributed by atoms with Gasteiger partial charge in [-0.05, 0) is 209 Å². The molecule has 3 fully saturated rings. The van der Waals surface area contributed by atoms with Crippen molar-refractivity contribution in [2.75, 3.05) is 149 Å². The number of methoxy groups -OCH3 is 4. The molecule has 14 aromatic rings. The van der Waals surface area contributed by atoms with Gasteiger partial charge in [0, 0.05) is 204 Å². The highest BCUT2D eigenvalue weighted by molar-refractivity contribution is 7.92. The van der Waals surface area contributed by atoms with Crippen molar-refractivity contribution in [2.45, 2.75) is 101 Å². The molecule has 0 saturated carbocycles. The molecule has 20 rings (SSSR count). The lowest BCUT2D eigenvalue weighted by molar-refractivity contribution is -0.138. The van der Waals surface area contributed by atoms with Crippen molar-refractivity contribution in [3.8, 4) is 56.5 Å². The summed E-state index contributed by atoms with van der Waals surface area (Å²) in [6, 6.07) is 59.9. The molecule has 13 heterocycles. The van der Waals surface area contributed by atoms with Gasteiger partial charge in [0.15, 0.2) is 32.7 Å². The molecule has 34 heteroatoms. The fourth-order valence-electron chi connectivity index (χ4n) is 19.8. The minimum atomic E-state index is -3.40. The first-order chi connectivity index (χ1) is 70.4. The summed E-state index contributed by atoms with van der Waals surface area (Å²) >= 11 is 0. The molecule has 0 bridgehead atoms. The van der Waals surface area contributed by atoms with Crippen LogP contribution in [0.15, 0.2) is 248 Å². The van der Waals surface area contributed by atoms with Gasteiger partial charge in [-0.15, -0.1) is 0 Å². The SMILES string of the molecule is CCc1cc(-c2n[nH]c3ccc(NC(=O)[C@]4(OC)CCN(CC(=O)N5CC=C(c6cccc(C)c6)CC5)C4)cc23)ccn1.COCc1cc(-c2n[nH]c3ccc(NC(=O)[C@]4(COC)CCN(CC(=O)N5CC=C(c6ccc(-c7ncccn7)cc6)CC5)C4)cc23)ccn1.CO[C@@]1(C(=O)Nc2ccc3[nH]nc(-c4ccc(S(=O)(=O)C(C)C)cc4)c3c2)CCN(CC(=O)N2CC=C(c3ccc(-c4ncccn4)cc3)CC2)C1. The molecule has 145 heavy (non-hydrogen) atoms. The topological polar surface area (TPSA) is 392 Å². The highest BCUT2D eigenvalue weighted by atomic mass is 32.2. The number of amides is 6. The van der Waals surface area contributed by atoms with Gasteiger partial charge in [-0.25, -0.2) is 28.4 Å². The van der Waals surface area contributed by atoms with Gasteiger partial charge in [0.05, 0.1) is 76.3 Å². The lowest BCUT2D eigenvalue weighted by atomic mass is 9.87. The molecule has 6 aliphatic rings. The Morgan fingerprint density at radius 3 is 1.23 bits per heavy atom. The number of likely N-dealkylation sites (tertiary alicyclic amines) is 3. The zero-order valence-electron chi connectivity index (χ0n) is 82.7. The summed E-state index contributed by atoms with van der Waals surface area (Å²) < 4.78 is 47.7. The Morgan fingerprint density at radius 2 is 0.814 bits per heavy atom. The molecule has 7 aromatic carbocycles. The number of aryl methyl sites for hydroxylation is 2.